The number of carbonyl (C=O) groups is 1. The van der Waals surface area contributed by atoms with Crippen molar-refractivity contribution in [2.75, 3.05) is 21.2 Å². The van der Waals surface area contributed by atoms with Gasteiger partial charge in [0.15, 0.2) is 16.7 Å². The Bertz CT molecular complexity index is 1000. The molecule has 0 saturated carbocycles. The molecule has 1 heterocycles. The molecule has 1 fully saturated rings. The number of hydrogen-bond donors (Lipinski definition) is 0. The van der Waals surface area contributed by atoms with Crippen molar-refractivity contribution in [2.24, 2.45) is 4.99 Å². The molecule has 0 atom stereocenters. The van der Waals surface area contributed by atoms with Crippen molar-refractivity contribution < 1.29 is 19.2 Å². The van der Waals surface area contributed by atoms with Gasteiger partial charge in [0, 0.05) is 14.1 Å². The number of benzene rings is 2. The highest BCUT2D eigenvalue weighted by atomic mass is 32.2. The summed E-state index contributed by atoms with van der Waals surface area (Å²) in [5, 5.41) is 12.2. The van der Waals surface area contributed by atoms with Crippen molar-refractivity contribution >= 4 is 34.6 Å². The predicted octanol–water partition coefficient (Wildman–Crippen LogP) is 3.71. The zero-order valence-electron chi connectivity index (χ0n) is 16.1. The molecule has 9 heteroatoms. The molecule has 1 aliphatic heterocycles. The number of carbonyl (C=O) groups excluding carboxylic acids is 1. The number of aliphatic imine (C=N–C) groups is 1. The fourth-order valence-corrected chi connectivity index (χ4v) is 3.65. The molecule has 150 valence electrons. The van der Waals surface area contributed by atoms with E-state index >= 15 is 0 Å². The quantitative estimate of drug-likeness (QED) is 0.407. The number of methoxy groups -OCH3 is 1. The summed E-state index contributed by atoms with van der Waals surface area (Å²) >= 11 is 1.16. The summed E-state index contributed by atoms with van der Waals surface area (Å²) in [6, 6.07) is 12.3. The van der Waals surface area contributed by atoms with Crippen molar-refractivity contribution in [1.29, 1.82) is 0 Å². The number of amidine groups is 1. The highest BCUT2D eigenvalue weighted by molar-refractivity contribution is 8.18. The van der Waals surface area contributed by atoms with Gasteiger partial charge in [0.05, 0.1) is 28.6 Å². The monoisotopic (exact) mass is 413 g/mol. The van der Waals surface area contributed by atoms with E-state index < -0.39 is 4.92 Å². The molecular weight excluding hydrogens is 394 g/mol. The lowest BCUT2D eigenvalue weighted by atomic mass is 10.1. The second-order valence-electron chi connectivity index (χ2n) is 6.07. The molecule has 0 aromatic heterocycles. The second-order valence-corrected chi connectivity index (χ2v) is 7.08. The van der Waals surface area contributed by atoms with Crippen molar-refractivity contribution in [3.05, 3.63) is 68.6 Å². The molecular formula is C20H19N3O5S. The van der Waals surface area contributed by atoms with Crippen LogP contribution >= 0.6 is 11.8 Å². The van der Waals surface area contributed by atoms with Crippen molar-refractivity contribution in [1.82, 2.24) is 4.90 Å². The number of rotatable bonds is 6. The zero-order chi connectivity index (χ0) is 21.0. The Balaban J connectivity index is 1.97. The minimum atomic E-state index is -0.510. The van der Waals surface area contributed by atoms with Crippen molar-refractivity contribution in [2.45, 2.75) is 6.61 Å². The Morgan fingerprint density at radius 1 is 1.24 bits per heavy atom. The van der Waals surface area contributed by atoms with Crippen LogP contribution < -0.4 is 9.47 Å². The summed E-state index contributed by atoms with van der Waals surface area (Å²) < 4.78 is 11.1. The number of amides is 1. The molecule has 0 unspecified atom stereocenters. The number of ether oxygens (including phenoxy) is 2. The van der Waals surface area contributed by atoms with Crippen molar-refractivity contribution in [3.63, 3.8) is 0 Å². The lowest BCUT2D eigenvalue weighted by Gasteiger charge is -2.12. The van der Waals surface area contributed by atoms with Crippen molar-refractivity contribution in [3.8, 4) is 11.5 Å². The molecule has 3 rings (SSSR count). The highest BCUT2D eigenvalue weighted by Crippen LogP contribution is 2.38. The smallest absolute Gasteiger partial charge is 0.280 e. The summed E-state index contributed by atoms with van der Waals surface area (Å²) in [6.45, 7) is 0.240. The molecule has 2 aromatic carbocycles. The molecule has 2 aromatic rings. The molecule has 0 N–H and O–H groups in total. The van der Waals surface area contributed by atoms with E-state index in [0.29, 0.717) is 15.8 Å². The normalized spacial score (nSPS) is 16.5. The third-order valence-corrected chi connectivity index (χ3v) is 5.38. The van der Waals surface area contributed by atoms with Crippen LogP contribution in [0.15, 0.2) is 52.4 Å². The van der Waals surface area contributed by atoms with Gasteiger partial charge >= 0.3 is 0 Å². The standard InChI is InChI=1S/C20H19N3O5S/c1-21-20-22(2)19(24)18(29-20)10-14-9-16(27-3)17(11-15(14)23(25)26)28-12-13-7-5-4-6-8-13/h4-11H,12H2,1-3H3/b18-10+,21-20?. The third kappa shape index (κ3) is 4.40. The molecule has 0 spiro atoms. The van der Waals surface area contributed by atoms with Crippen LogP contribution in [0.4, 0.5) is 5.69 Å². The number of nitro groups is 1. The van der Waals surface area contributed by atoms with Gasteiger partial charge in [0.2, 0.25) is 0 Å². The van der Waals surface area contributed by atoms with E-state index in [2.05, 4.69) is 4.99 Å². The minimum absolute atomic E-state index is 0.181. The van der Waals surface area contributed by atoms with Gasteiger partial charge in [-0.1, -0.05) is 30.3 Å². The second kappa shape index (κ2) is 8.78. The predicted molar refractivity (Wildman–Crippen MR) is 112 cm³/mol. The SMILES string of the molecule is CN=C1S/C(=C/c2cc(OC)c(OCc3ccccc3)cc2[N+](=O)[O-])C(=O)N1C. The lowest BCUT2D eigenvalue weighted by Crippen LogP contribution is -2.23. The van der Waals surface area contributed by atoms with Crippen LogP contribution in [-0.4, -0.2) is 42.1 Å². The lowest BCUT2D eigenvalue weighted by molar-refractivity contribution is -0.385. The molecule has 0 bridgehead atoms. The van der Waals surface area contributed by atoms with E-state index in [1.165, 1.54) is 30.2 Å². The van der Waals surface area contributed by atoms with Gasteiger partial charge in [-0.25, -0.2) is 0 Å². The highest BCUT2D eigenvalue weighted by Gasteiger charge is 2.31. The molecule has 1 amide bonds. The fourth-order valence-electron chi connectivity index (χ4n) is 2.74. The van der Waals surface area contributed by atoms with Crippen LogP contribution in [0, 0.1) is 10.1 Å². The first-order valence-electron chi connectivity index (χ1n) is 8.62. The maximum Gasteiger partial charge on any atom is 0.280 e. The molecule has 0 radical (unpaired) electrons. The van der Waals surface area contributed by atoms with Gasteiger partial charge in [-0.2, -0.15) is 0 Å². The number of likely N-dealkylation sites (N-methyl/N-ethyl adjacent to an activating group) is 1. The molecule has 1 saturated heterocycles. The van der Waals surface area contributed by atoms with Crippen LogP contribution in [0.5, 0.6) is 11.5 Å². The summed E-state index contributed by atoms with van der Waals surface area (Å²) in [6.07, 6.45) is 1.48. The molecule has 0 aliphatic carbocycles. The summed E-state index contributed by atoms with van der Waals surface area (Å²) in [4.78, 5) is 29.3. The number of nitrogens with zero attached hydrogens (tertiary/aromatic N) is 3. The average molecular weight is 413 g/mol. The van der Waals surface area contributed by atoms with E-state index in [9.17, 15) is 14.9 Å². The van der Waals surface area contributed by atoms with Crippen LogP contribution in [-0.2, 0) is 11.4 Å². The largest absolute Gasteiger partial charge is 0.493 e. The Morgan fingerprint density at radius 3 is 2.55 bits per heavy atom. The first-order valence-corrected chi connectivity index (χ1v) is 9.43. The number of thioether (sulfide) groups is 1. The Kier molecular flexibility index (Phi) is 6.18. The van der Waals surface area contributed by atoms with Crippen LogP contribution in [0.25, 0.3) is 6.08 Å². The van der Waals surface area contributed by atoms with Crippen LogP contribution in [0.2, 0.25) is 0 Å². The Morgan fingerprint density at radius 2 is 1.97 bits per heavy atom. The molecule has 8 nitrogen and oxygen atoms in total. The Hall–Kier alpha value is -3.33. The fraction of sp³-hybridized carbons (Fsp3) is 0.200. The van der Waals surface area contributed by atoms with Gasteiger partial charge < -0.3 is 9.47 Å². The van der Waals surface area contributed by atoms with E-state index in [1.807, 2.05) is 30.3 Å². The van der Waals surface area contributed by atoms with Crippen LogP contribution in [0.3, 0.4) is 0 Å². The summed E-state index contributed by atoms with van der Waals surface area (Å²) in [5.74, 6) is 0.323. The summed E-state index contributed by atoms with van der Waals surface area (Å²) in [7, 11) is 4.64. The first-order chi connectivity index (χ1) is 13.9. The maximum absolute atomic E-state index is 12.4. The number of nitro benzene ring substituents is 1. The average Bonchev–Trinajstić information content (AvgIpc) is 3.00. The van der Waals surface area contributed by atoms with Gasteiger partial charge in [0.25, 0.3) is 11.6 Å². The summed E-state index contributed by atoms with van der Waals surface area (Å²) in [5.41, 5.74) is 0.991. The Labute approximate surface area is 172 Å². The topological polar surface area (TPSA) is 94.3 Å². The minimum Gasteiger partial charge on any atom is -0.493 e. The van der Waals surface area contributed by atoms with E-state index in [-0.39, 0.29) is 29.5 Å². The molecule has 1 aliphatic rings. The van der Waals surface area contributed by atoms with E-state index in [0.717, 1.165) is 17.3 Å². The molecule has 29 heavy (non-hydrogen) atoms. The first kappa shape index (κ1) is 20.4. The zero-order valence-corrected chi connectivity index (χ0v) is 16.9. The van der Waals surface area contributed by atoms with E-state index in [4.69, 9.17) is 9.47 Å². The van der Waals surface area contributed by atoms with E-state index in [1.54, 1.807) is 14.1 Å². The van der Waals surface area contributed by atoms with Gasteiger partial charge in [-0.15, -0.1) is 0 Å². The van der Waals surface area contributed by atoms with Gasteiger partial charge in [-0.3, -0.25) is 24.8 Å². The van der Waals surface area contributed by atoms with Gasteiger partial charge in [-0.05, 0) is 29.5 Å². The van der Waals surface area contributed by atoms with Crippen LogP contribution in [0.1, 0.15) is 11.1 Å². The maximum atomic E-state index is 12.4. The van der Waals surface area contributed by atoms with Gasteiger partial charge in [0.1, 0.15) is 6.61 Å². The number of hydrogen-bond acceptors (Lipinski definition) is 7. The third-order valence-electron chi connectivity index (χ3n) is 4.23.